The van der Waals surface area contributed by atoms with Crippen LogP contribution in [0, 0.1) is 68.0 Å². The van der Waals surface area contributed by atoms with Crippen LogP contribution in [0.25, 0.3) is 0 Å². The molecule has 0 N–H and O–H groups in total. The Kier molecular flexibility index (Phi) is 26.5. The first-order valence-corrected chi connectivity index (χ1v) is 41.2. The molecule has 8 aromatic carbocycles. The Morgan fingerprint density at radius 3 is 0.407 bits per heavy atom. The van der Waals surface area contributed by atoms with Crippen molar-refractivity contribution in [2.24, 2.45) is 0 Å². The minimum Gasteiger partial charge on any atom is -0.485 e. The first-order chi connectivity index (χ1) is 55.1. The Balaban J connectivity index is 1.23. The zero-order valence-corrected chi connectivity index (χ0v) is 74.4. The third-order valence-corrected chi connectivity index (χ3v) is 22.4. The van der Waals surface area contributed by atoms with Crippen LogP contribution in [-0.4, -0.2) is 58.6 Å². The van der Waals surface area contributed by atoms with Crippen molar-refractivity contribution in [2.45, 2.75) is 261 Å². The molecule has 0 saturated heterocycles. The first kappa shape index (κ1) is 89.1. The molecule has 616 valence electrons. The van der Waals surface area contributed by atoms with E-state index in [0.717, 1.165) is 134 Å². The molecule has 118 heavy (non-hydrogen) atoms. The molecule has 8 aromatic rings. The SMILES string of the molecule is CC(C)(C)c1cc2c(OCC#N)c(c1)Cc1cc(C(C)(C)C)cc(c1OCC#N)Cc1cc(C(C)(C)C)cc(c1OCC(=O)COc1c3cc(C(C)(C)C)cc1Cc1cc(C(C)(C)C)cc(c1OCC#N)Cc1cc(C(C)(C)C)cc(c1OCC#N)Cc1cc(C(C)(C)C)cc(c1OCC#N)C3)Cc1cc(C(C)(C)C)cc(c1OCC#N)C2. The van der Waals surface area contributed by atoms with Gasteiger partial charge in [-0.05, 0) is 177 Å². The lowest BCUT2D eigenvalue weighted by atomic mass is 9.79. The van der Waals surface area contributed by atoms with Crippen molar-refractivity contribution in [3.63, 3.8) is 0 Å². The lowest BCUT2D eigenvalue weighted by Gasteiger charge is -2.29. The topological polar surface area (TPSA) is 234 Å². The number of Topliss-reactive ketones (excluding diaryl/α,β-unsaturated/α-hetero) is 1. The highest BCUT2D eigenvalue weighted by Gasteiger charge is 2.34. The van der Waals surface area contributed by atoms with Gasteiger partial charge in [0.2, 0.25) is 5.78 Å². The van der Waals surface area contributed by atoms with Crippen LogP contribution in [-0.2, 0) is 99.5 Å². The second kappa shape index (κ2) is 35.1. The van der Waals surface area contributed by atoms with E-state index in [1.807, 2.05) is 0 Å². The predicted molar refractivity (Wildman–Crippen MR) is 466 cm³/mol. The zero-order chi connectivity index (χ0) is 86.6. The van der Waals surface area contributed by atoms with Crippen molar-refractivity contribution >= 4 is 5.78 Å². The van der Waals surface area contributed by atoms with Gasteiger partial charge in [-0.2, -0.15) is 31.6 Å². The van der Waals surface area contributed by atoms with E-state index in [0.29, 0.717) is 71.7 Å². The summed E-state index contributed by atoms with van der Waals surface area (Å²) in [7, 11) is 0. The molecule has 16 bridgehead atoms. The van der Waals surface area contributed by atoms with Gasteiger partial charge in [0.1, 0.15) is 82.4 Å². The molecular weight excluding hydrogens is 1470 g/mol. The number of hydrogen-bond acceptors (Lipinski definition) is 15. The highest BCUT2D eigenvalue weighted by molar-refractivity contribution is 5.82. The maximum Gasteiger partial charge on any atom is 0.207 e. The molecule has 2 aliphatic rings. The Hall–Kier alpha value is -11.2. The van der Waals surface area contributed by atoms with Crippen molar-refractivity contribution in [3.8, 4) is 82.4 Å². The van der Waals surface area contributed by atoms with E-state index < -0.39 is 45.7 Å². The quantitative estimate of drug-likeness (QED) is 0.0777. The number of benzene rings is 8. The standard InChI is InChI=1S/C103H120N6O9/c1-96(2,3)79-45-63-37-67-49-81(98(7,8)9)53-71(90(67)113-33-27-106)41-75-57-85(102(19,20)21)58-76(42-72-54-82(99(10,11)12)50-68(91(72)114-34-28-107)38-64(46-79)88(63)111-31-25-104)94(75)117-61-87(110)62-118-95-77-43-73-55-83(100(13,14)15)51-69(92(73)115-35-29-108)39-65-47-80(97(4,5)6)48-66(89(65)112-32-26-105)40-70-52-84(101(16,17)18)56-74(93(70)116-36-30-109)44-78(95)60-86(59-77)103(22,23)24/h45-60H,31-44,61-62H2,1-24H3. The molecule has 0 aromatic heterocycles. The molecule has 0 aliphatic heterocycles. The van der Waals surface area contributed by atoms with E-state index in [1.165, 1.54) is 0 Å². The number of carbonyl (C=O) groups is 1. The summed E-state index contributed by atoms with van der Waals surface area (Å²) in [5, 5.41) is 62.4. The van der Waals surface area contributed by atoms with Crippen molar-refractivity contribution in [1.29, 1.82) is 31.6 Å². The van der Waals surface area contributed by atoms with E-state index in [1.54, 1.807) is 0 Å². The fourth-order valence-electron chi connectivity index (χ4n) is 15.7. The molecule has 15 nitrogen and oxygen atoms in total. The summed E-state index contributed by atoms with van der Waals surface area (Å²) in [4.78, 5) is 15.9. The lowest BCUT2D eigenvalue weighted by molar-refractivity contribution is -0.123. The van der Waals surface area contributed by atoms with Crippen LogP contribution in [0.5, 0.6) is 46.0 Å². The molecular formula is C103H120N6O9. The molecule has 2 aliphatic carbocycles. The Bertz CT molecular complexity index is 4820. The second-order valence-corrected chi connectivity index (χ2v) is 40.2. The van der Waals surface area contributed by atoms with Crippen LogP contribution in [0.15, 0.2) is 97.1 Å². The molecule has 0 saturated carbocycles. The predicted octanol–water partition coefficient (Wildman–Crippen LogP) is 21.9. The minimum absolute atomic E-state index is 0.218. The molecule has 0 unspecified atom stereocenters. The number of ketones is 1. The smallest absolute Gasteiger partial charge is 0.207 e. The molecule has 0 amide bonds. The van der Waals surface area contributed by atoms with E-state index in [9.17, 15) is 31.6 Å². The van der Waals surface area contributed by atoms with Crippen molar-refractivity contribution in [1.82, 2.24) is 0 Å². The highest BCUT2D eigenvalue weighted by atomic mass is 16.5. The van der Waals surface area contributed by atoms with Crippen molar-refractivity contribution in [2.75, 3.05) is 52.9 Å². The lowest BCUT2D eigenvalue weighted by Crippen LogP contribution is -2.22. The van der Waals surface area contributed by atoms with E-state index in [-0.39, 0.29) is 81.9 Å². The summed E-state index contributed by atoms with van der Waals surface area (Å²) in [6.45, 7) is 49.9. The van der Waals surface area contributed by atoms with Gasteiger partial charge in [-0.3, -0.25) is 4.79 Å². The number of carbonyl (C=O) groups excluding carboxylic acids is 1. The Morgan fingerprint density at radius 1 is 0.212 bits per heavy atom. The first-order valence-electron chi connectivity index (χ1n) is 41.2. The van der Waals surface area contributed by atoms with E-state index >= 15 is 4.79 Å². The summed E-state index contributed by atoms with van der Waals surface area (Å²) >= 11 is 0. The van der Waals surface area contributed by atoms with Gasteiger partial charge in [-0.25, -0.2) is 0 Å². The number of hydrogen-bond donors (Lipinski definition) is 0. The summed E-state index contributed by atoms with van der Waals surface area (Å²) in [5.41, 5.74) is 17.8. The molecule has 0 atom stereocenters. The number of ether oxygens (including phenoxy) is 8. The maximum atomic E-state index is 15.9. The average Bonchev–Trinajstić information content (AvgIpc) is 0.761. The third-order valence-electron chi connectivity index (χ3n) is 22.4. The van der Waals surface area contributed by atoms with Gasteiger partial charge in [0.15, 0.2) is 52.9 Å². The summed E-state index contributed by atoms with van der Waals surface area (Å²) in [6, 6.07) is 48.2. The fraction of sp³-hybridized carbons (Fsp3) is 0.466. The second-order valence-electron chi connectivity index (χ2n) is 40.2. The van der Waals surface area contributed by atoms with Gasteiger partial charge < -0.3 is 37.9 Å². The fourth-order valence-corrected chi connectivity index (χ4v) is 15.7. The van der Waals surface area contributed by atoms with E-state index in [2.05, 4.69) is 300 Å². The van der Waals surface area contributed by atoms with Crippen LogP contribution in [0.4, 0.5) is 0 Å². The molecule has 0 fully saturated rings. The Labute approximate surface area is 702 Å². The number of nitrogens with zero attached hydrogens (tertiary/aromatic N) is 6. The third kappa shape index (κ3) is 21.2. The van der Waals surface area contributed by atoms with Crippen molar-refractivity contribution in [3.05, 3.63) is 231 Å². The normalized spacial score (nSPS) is 13.2. The molecule has 15 heteroatoms. The van der Waals surface area contributed by atoms with Crippen LogP contribution >= 0.6 is 0 Å². The molecule has 0 heterocycles. The van der Waals surface area contributed by atoms with Crippen LogP contribution in [0.3, 0.4) is 0 Å². The monoisotopic (exact) mass is 1580 g/mol. The van der Waals surface area contributed by atoms with Crippen LogP contribution in [0.1, 0.15) is 300 Å². The van der Waals surface area contributed by atoms with Gasteiger partial charge in [0, 0.05) is 51.4 Å². The summed E-state index contributed by atoms with van der Waals surface area (Å²) in [5.74, 6) is 3.81. The number of nitriles is 6. The Morgan fingerprint density at radius 2 is 0.314 bits per heavy atom. The van der Waals surface area contributed by atoms with Crippen molar-refractivity contribution < 1.29 is 42.7 Å². The van der Waals surface area contributed by atoms with Crippen LogP contribution in [0.2, 0.25) is 0 Å². The van der Waals surface area contributed by atoms with Gasteiger partial charge in [-0.1, -0.05) is 263 Å². The molecule has 10 rings (SSSR count). The van der Waals surface area contributed by atoms with Gasteiger partial charge in [-0.15, -0.1) is 0 Å². The highest BCUT2D eigenvalue weighted by Crippen LogP contribution is 2.49. The molecule has 0 spiro atoms. The summed E-state index contributed by atoms with van der Waals surface area (Å²) in [6.07, 6.45) is 2.10. The van der Waals surface area contributed by atoms with Gasteiger partial charge >= 0.3 is 0 Å². The minimum atomic E-state index is -0.435. The van der Waals surface area contributed by atoms with Crippen LogP contribution < -0.4 is 37.9 Å². The summed E-state index contributed by atoms with van der Waals surface area (Å²) < 4.78 is 54.9. The van der Waals surface area contributed by atoms with E-state index in [4.69, 9.17) is 37.9 Å². The van der Waals surface area contributed by atoms with Gasteiger partial charge in [0.05, 0.1) is 0 Å². The largest absolute Gasteiger partial charge is 0.485 e. The maximum absolute atomic E-state index is 15.9. The number of fused-ring (bicyclic) bond motifs is 16. The molecule has 0 radical (unpaired) electrons. The zero-order valence-electron chi connectivity index (χ0n) is 74.4. The van der Waals surface area contributed by atoms with Gasteiger partial charge in [0.25, 0.3) is 0 Å². The average molecular weight is 1590 g/mol. The number of rotatable bonds is 18.